The summed E-state index contributed by atoms with van der Waals surface area (Å²) in [4.78, 5) is 14.0. The third-order valence-electron chi connectivity index (χ3n) is 3.86. The molecule has 0 aliphatic carbocycles. The van der Waals surface area contributed by atoms with Gasteiger partial charge in [0.1, 0.15) is 0 Å². The molecule has 7 heteroatoms. The number of nitrogens with zero attached hydrogens (tertiary/aromatic N) is 4. The van der Waals surface area contributed by atoms with Crippen LogP contribution in [0.15, 0.2) is 36.5 Å². The molecule has 1 aromatic heterocycles. The fourth-order valence-corrected chi connectivity index (χ4v) is 2.57. The lowest BCUT2D eigenvalue weighted by molar-refractivity contribution is 0.0988. The minimum atomic E-state index is -0.138. The van der Waals surface area contributed by atoms with Crippen molar-refractivity contribution in [3.8, 4) is 0 Å². The van der Waals surface area contributed by atoms with Gasteiger partial charge >= 0.3 is 0 Å². The van der Waals surface area contributed by atoms with Crippen molar-refractivity contribution in [1.82, 2.24) is 20.3 Å². The van der Waals surface area contributed by atoms with Crippen LogP contribution in [0.4, 0.5) is 5.69 Å². The Balaban J connectivity index is 0.00000176. The van der Waals surface area contributed by atoms with Crippen LogP contribution in [-0.2, 0) is 0 Å². The molecule has 22 heavy (non-hydrogen) atoms. The zero-order valence-corrected chi connectivity index (χ0v) is 13.3. The van der Waals surface area contributed by atoms with Gasteiger partial charge in [0.15, 0.2) is 5.69 Å². The lowest BCUT2D eigenvalue weighted by Gasteiger charge is -2.22. The maximum atomic E-state index is 12.4. The summed E-state index contributed by atoms with van der Waals surface area (Å²) in [6.07, 6.45) is 3.80. The van der Waals surface area contributed by atoms with E-state index in [9.17, 15) is 4.79 Å². The Morgan fingerprint density at radius 2 is 1.95 bits per heavy atom. The number of carbonyl (C=O) groups is 1. The van der Waals surface area contributed by atoms with Crippen molar-refractivity contribution in [2.45, 2.75) is 18.9 Å². The average Bonchev–Trinajstić information content (AvgIpc) is 3.05. The standard InChI is InChI=1S/C15H19N5O.ClH/c1-19(12-5-3-2-4-6-12)15(21)14-11-20(18-17-14)13-7-9-16-10-8-13;/h2-6,11,13,16H,7-10H2,1H3;1H. The van der Waals surface area contributed by atoms with Gasteiger partial charge in [-0.15, -0.1) is 17.5 Å². The fraction of sp³-hybridized carbons (Fsp3) is 0.400. The van der Waals surface area contributed by atoms with Crippen LogP contribution in [-0.4, -0.2) is 41.0 Å². The molecule has 0 unspecified atom stereocenters. The number of nitrogens with one attached hydrogen (secondary N) is 1. The van der Waals surface area contributed by atoms with Crippen LogP contribution in [0, 0.1) is 0 Å². The molecule has 1 amide bonds. The van der Waals surface area contributed by atoms with Crippen molar-refractivity contribution in [2.24, 2.45) is 0 Å². The lowest BCUT2D eigenvalue weighted by atomic mass is 10.1. The number of rotatable bonds is 3. The number of benzene rings is 1. The van der Waals surface area contributed by atoms with Gasteiger partial charge in [0.05, 0.1) is 12.2 Å². The van der Waals surface area contributed by atoms with Gasteiger partial charge in [-0.05, 0) is 38.1 Å². The van der Waals surface area contributed by atoms with Crippen molar-refractivity contribution in [3.05, 3.63) is 42.2 Å². The van der Waals surface area contributed by atoms with Gasteiger partial charge in [-0.25, -0.2) is 4.68 Å². The molecule has 2 heterocycles. The number of hydrogen-bond acceptors (Lipinski definition) is 4. The van der Waals surface area contributed by atoms with Crippen molar-refractivity contribution in [2.75, 3.05) is 25.0 Å². The third kappa shape index (κ3) is 3.45. The monoisotopic (exact) mass is 321 g/mol. The van der Waals surface area contributed by atoms with E-state index >= 15 is 0 Å². The Kier molecular flexibility index (Phi) is 5.51. The van der Waals surface area contributed by atoms with Crippen molar-refractivity contribution >= 4 is 24.0 Å². The second-order valence-electron chi connectivity index (χ2n) is 5.26. The van der Waals surface area contributed by atoms with Crippen molar-refractivity contribution in [1.29, 1.82) is 0 Å². The number of aromatic nitrogens is 3. The molecule has 3 rings (SSSR count). The minimum Gasteiger partial charge on any atom is -0.317 e. The highest BCUT2D eigenvalue weighted by atomic mass is 35.5. The Labute approximate surface area is 135 Å². The Morgan fingerprint density at radius 1 is 1.27 bits per heavy atom. The largest absolute Gasteiger partial charge is 0.317 e. The summed E-state index contributed by atoms with van der Waals surface area (Å²) in [5.41, 5.74) is 1.24. The molecule has 0 bridgehead atoms. The van der Waals surface area contributed by atoms with Gasteiger partial charge in [-0.2, -0.15) is 0 Å². The van der Waals surface area contributed by atoms with Gasteiger partial charge in [-0.3, -0.25) is 4.79 Å². The fourth-order valence-electron chi connectivity index (χ4n) is 2.57. The summed E-state index contributed by atoms with van der Waals surface area (Å²) in [6.45, 7) is 1.97. The summed E-state index contributed by atoms with van der Waals surface area (Å²) in [5, 5.41) is 11.5. The quantitative estimate of drug-likeness (QED) is 0.938. The number of anilines is 1. The van der Waals surface area contributed by atoms with Crippen LogP contribution in [0.2, 0.25) is 0 Å². The number of para-hydroxylation sites is 1. The number of piperidine rings is 1. The van der Waals surface area contributed by atoms with Crippen molar-refractivity contribution < 1.29 is 4.79 Å². The van der Waals surface area contributed by atoms with E-state index in [0.717, 1.165) is 31.6 Å². The molecular weight excluding hydrogens is 302 g/mol. The summed E-state index contributed by atoms with van der Waals surface area (Å²) >= 11 is 0. The molecular formula is C15H20ClN5O. The van der Waals surface area contributed by atoms with Crippen LogP contribution >= 0.6 is 12.4 Å². The summed E-state index contributed by atoms with van der Waals surface area (Å²) in [5.74, 6) is -0.138. The van der Waals surface area contributed by atoms with Gasteiger partial charge in [0.2, 0.25) is 0 Å². The van der Waals surface area contributed by atoms with Crippen LogP contribution < -0.4 is 10.2 Å². The van der Waals surface area contributed by atoms with Gasteiger partial charge in [0.25, 0.3) is 5.91 Å². The molecule has 1 aliphatic rings. The Hall–Kier alpha value is -1.92. The first-order valence-corrected chi connectivity index (χ1v) is 7.21. The molecule has 2 aromatic rings. The first kappa shape index (κ1) is 16.5. The van der Waals surface area contributed by atoms with Gasteiger partial charge < -0.3 is 10.2 Å². The molecule has 1 aliphatic heterocycles. The molecule has 0 spiro atoms. The van der Waals surface area contributed by atoms with E-state index in [2.05, 4.69) is 15.6 Å². The van der Waals surface area contributed by atoms with Gasteiger partial charge in [0, 0.05) is 12.7 Å². The average molecular weight is 322 g/mol. The van der Waals surface area contributed by atoms with E-state index in [1.54, 1.807) is 18.1 Å². The van der Waals surface area contributed by atoms with E-state index in [4.69, 9.17) is 0 Å². The molecule has 0 atom stereocenters. The first-order valence-electron chi connectivity index (χ1n) is 7.21. The second kappa shape index (κ2) is 7.38. The van der Waals surface area contributed by atoms with E-state index in [-0.39, 0.29) is 18.3 Å². The number of amides is 1. The van der Waals surface area contributed by atoms with Crippen LogP contribution in [0.1, 0.15) is 29.4 Å². The SMILES string of the molecule is CN(C(=O)c1cn(C2CCNCC2)nn1)c1ccccc1.Cl. The Morgan fingerprint density at radius 3 is 2.64 bits per heavy atom. The summed E-state index contributed by atoms with van der Waals surface area (Å²) in [6, 6.07) is 9.87. The zero-order valence-electron chi connectivity index (χ0n) is 12.5. The number of hydrogen-bond donors (Lipinski definition) is 1. The topological polar surface area (TPSA) is 63.1 Å². The lowest BCUT2D eigenvalue weighted by Crippen LogP contribution is -2.29. The third-order valence-corrected chi connectivity index (χ3v) is 3.86. The van der Waals surface area contributed by atoms with E-state index in [0.29, 0.717) is 11.7 Å². The molecule has 118 valence electrons. The molecule has 0 saturated carbocycles. The molecule has 1 N–H and O–H groups in total. The maximum absolute atomic E-state index is 12.4. The van der Waals surface area contributed by atoms with E-state index < -0.39 is 0 Å². The molecule has 1 aromatic carbocycles. The van der Waals surface area contributed by atoms with Crippen LogP contribution in [0.3, 0.4) is 0 Å². The normalized spacial score (nSPS) is 15.1. The summed E-state index contributed by atoms with van der Waals surface area (Å²) < 4.78 is 1.83. The van der Waals surface area contributed by atoms with Gasteiger partial charge in [-0.1, -0.05) is 23.4 Å². The van der Waals surface area contributed by atoms with E-state index in [1.807, 2.05) is 35.0 Å². The van der Waals surface area contributed by atoms with Crippen LogP contribution in [0.25, 0.3) is 0 Å². The first-order chi connectivity index (χ1) is 10.3. The smallest absolute Gasteiger partial charge is 0.280 e. The molecule has 6 nitrogen and oxygen atoms in total. The predicted molar refractivity (Wildman–Crippen MR) is 87.6 cm³/mol. The number of halogens is 1. The van der Waals surface area contributed by atoms with Crippen LogP contribution in [0.5, 0.6) is 0 Å². The highest BCUT2D eigenvalue weighted by Gasteiger charge is 2.21. The highest BCUT2D eigenvalue weighted by molar-refractivity contribution is 6.04. The second-order valence-corrected chi connectivity index (χ2v) is 5.26. The van der Waals surface area contributed by atoms with Crippen molar-refractivity contribution in [3.63, 3.8) is 0 Å². The molecule has 1 fully saturated rings. The minimum absolute atomic E-state index is 0. The summed E-state index contributed by atoms with van der Waals surface area (Å²) in [7, 11) is 1.75. The number of carbonyl (C=O) groups excluding carboxylic acids is 1. The molecule has 0 radical (unpaired) electrons. The van der Waals surface area contributed by atoms with E-state index in [1.165, 1.54) is 0 Å². The Bertz CT molecular complexity index is 609. The zero-order chi connectivity index (χ0) is 14.7. The predicted octanol–water partition coefficient (Wildman–Crippen LogP) is 1.90. The molecule has 1 saturated heterocycles. The highest BCUT2D eigenvalue weighted by Crippen LogP contribution is 2.18. The maximum Gasteiger partial charge on any atom is 0.280 e.